The monoisotopic (exact) mass is 384 g/mol. The molecule has 2 rings (SSSR count). The minimum absolute atomic E-state index is 0.0360. The minimum Gasteiger partial charge on any atom is -0.497 e. The first-order chi connectivity index (χ1) is 13.2. The molecule has 0 radical (unpaired) electrons. The van der Waals surface area contributed by atoms with Crippen LogP contribution in [0.4, 0.5) is 5.69 Å². The third-order valence-electron chi connectivity index (χ3n) is 4.33. The highest BCUT2D eigenvalue weighted by atomic mass is 16.5. The van der Waals surface area contributed by atoms with Gasteiger partial charge in [0.2, 0.25) is 5.91 Å². The lowest BCUT2D eigenvalue weighted by Gasteiger charge is -2.19. The molecule has 28 heavy (non-hydrogen) atoms. The second-order valence-electron chi connectivity index (χ2n) is 7.45. The molecule has 0 atom stereocenters. The van der Waals surface area contributed by atoms with E-state index in [0.29, 0.717) is 22.7 Å². The van der Waals surface area contributed by atoms with Gasteiger partial charge in [0.1, 0.15) is 11.5 Å². The van der Waals surface area contributed by atoms with Crippen molar-refractivity contribution in [2.45, 2.75) is 32.6 Å². The van der Waals surface area contributed by atoms with Crippen LogP contribution in [0.3, 0.4) is 0 Å². The molecule has 0 saturated heterocycles. The lowest BCUT2D eigenvalue weighted by Crippen LogP contribution is -2.27. The zero-order valence-electron chi connectivity index (χ0n) is 17.1. The molecule has 0 unspecified atom stereocenters. The van der Waals surface area contributed by atoms with E-state index in [1.54, 1.807) is 37.4 Å². The standard InChI is InChI=1S/C22H28N2O4/c1-22(2,3)16-8-6-15(7-9-16)21(26)23-13-12-20(25)24-18-14-17(27-4)10-11-19(18)28-5/h6-11,14H,12-13H2,1-5H3,(H,23,26)(H,24,25). The molecule has 2 amide bonds. The zero-order valence-corrected chi connectivity index (χ0v) is 17.1. The molecule has 2 aromatic rings. The van der Waals surface area contributed by atoms with Crippen LogP contribution in [0.15, 0.2) is 42.5 Å². The minimum atomic E-state index is -0.227. The SMILES string of the molecule is COc1ccc(OC)c(NC(=O)CCNC(=O)c2ccc(C(C)(C)C)cc2)c1. The van der Waals surface area contributed by atoms with E-state index in [1.807, 2.05) is 12.1 Å². The fourth-order valence-electron chi connectivity index (χ4n) is 2.64. The number of carbonyl (C=O) groups excluding carboxylic acids is 2. The lowest BCUT2D eigenvalue weighted by molar-refractivity contribution is -0.116. The van der Waals surface area contributed by atoms with Gasteiger partial charge < -0.3 is 20.1 Å². The Labute approximate surface area is 166 Å². The molecule has 0 aromatic heterocycles. The Bertz CT molecular complexity index is 823. The van der Waals surface area contributed by atoms with E-state index >= 15 is 0 Å². The summed E-state index contributed by atoms with van der Waals surface area (Å²) < 4.78 is 10.4. The highest BCUT2D eigenvalue weighted by Crippen LogP contribution is 2.29. The predicted molar refractivity (Wildman–Crippen MR) is 110 cm³/mol. The average Bonchev–Trinajstić information content (AvgIpc) is 2.67. The van der Waals surface area contributed by atoms with Crippen molar-refractivity contribution < 1.29 is 19.1 Å². The van der Waals surface area contributed by atoms with Crippen LogP contribution in [-0.2, 0) is 10.2 Å². The summed E-state index contributed by atoms with van der Waals surface area (Å²) in [5.41, 5.74) is 2.29. The molecule has 0 fully saturated rings. The third-order valence-corrected chi connectivity index (χ3v) is 4.33. The number of hydrogen-bond donors (Lipinski definition) is 2. The van der Waals surface area contributed by atoms with Gasteiger partial charge in [-0.1, -0.05) is 32.9 Å². The van der Waals surface area contributed by atoms with E-state index in [-0.39, 0.29) is 30.2 Å². The molecule has 2 N–H and O–H groups in total. The van der Waals surface area contributed by atoms with Gasteiger partial charge >= 0.3 is 0 Å². The summed E-state index contributed by atoms with van der Waals surface area (Å²) in [6.45, 7) is 6.60. The largest absolute Gasteiger partial charge is 0.497 e. The molecule has 0 bridgehead atoms. The van der Waals surface area contributed by atoms with Crippen molar-refractivity contribution in [3.05, 3.63) is 53.6 Å². The molecular weight excluding hydrogens is 356 g/mol. The van der Waals surface area contributed by atoms with E-state index in [2.05, 4.69) is 31.4 Å². The highest BCUT2D eigenvalue weighted by Gasteiger charge is 2.14. The van der Waals surface area contributed by atoms with E-state index in [4.69, 9.17) is 9.47 Å². The molecule has 0 spiro atoms. The summed E-state index contributed by atoms with van der Waals surface area (Å²) in [5.74, 6) is 0.724. The Balaban J connectivity index is 1.87. The Morgan fingerprint density at radius 3 is 2.21 bits per heavy atom. The first-order valence-electron chi connectivity index (χ1n) is 9.15. The number of nitrogens with one attached hydrogen (secondary N) is 2. The molecule has 150 valence electrons. The number of anilines is 1. The number of benzene rings is 2. The van der Waals surface area contributed by atoms with Crippen LogP contribution in [-0.4, -0.2) is 32.6 Å². The first kappa shape index (κ1) is 21.3. The second kappa shape index (κ2) is 9.26. The van der Waals surface area contributed by atoms with E-state index in [1.165, 1.54) is 7.11 Å². The smallest absolute Gasteiger partial charge is 0.251 e. The lowest BCUT2D eigenvalue weighted by atomic mass is 9.87. The molecule has 2 aromatic carbocycles. The van der Waals surface area contributed by atoms with E-state index < -0.39 is 0 Å². The molecule has 6 nitrogen and oxygen atoms in total. The van der Waals surface area contributed by atoms with Crippen LogP contribution in [0.2, 0.25) is 0 Å². The average molecular weight is 384 g/mol. The van der Waals surface area contributed by atoms with Crippen molar-refractivity contribution in [2.75, 3.05) is 26.1 Å². The number of hydrogen-bond acceptors (Lipinski definition) is 4. The summed E-state index contributed by atoms with van der Waals surface area (Å²) in [4.78, 5) is 24.4. The maximum atomic E-state index is 12.3. The van der Waals surface area contributed by atoms with Crippen LogP contribution in [0.5, 0.6) is 11.5 Å². The number of carbonyl (C=O) groups is 2. The summed E-state index contributed by atoms with van der Waals surface area (Å²) in [7, 11) is 3.08. The number of methoxy groups -OCH3 is 2. The maximum absolute atomic E-state index is 12.3. The van der Waals surface area contributed by atoms with Gasteiger partial charge in [-0.15, -0.1) is 0 Å². The summed E-state index contributed by atoms with van der Waals surface area (Å²) in [5, 5.41) is 5.55. The molecule has 0 aliphatic rings. The fourth-order valence-corrected chi connectivity index (χ4v) is 2.64. The van der Waals surface area contributed by atoms with Gasteiger partial charge in [0.25, 0.3) is 5.91 Å². The van der Waals surface area contributed by atoms with Crippen LogP contribution in [0, 0.1) is 0 Å². The predicted octanol–water partition coefficient (Wildman–Crippen LogP) is 3.76. The summed E-state index contributed by atoms with van der Waals surface area (Å²) in [6.07, 6.45) is 0.145. The Morgan fingerprint density at radius 1 is 0.964 bits per heavy atom. The van der Waals surface area contributed by atoms with E-state index in [9.17, 15) is 9.59 Å². The van der Waals surface area contributed by atoms with Crippen molar-refractivity contribution in [3.8, 4) is 11.5 Å². The van der Waals surface area contributed by atoms with Crippen molar-refractivity contribution in [3.63, 3.8) is 0 Å². The second-order valence-corrected chi connectivity index (χ2v) is 7.45. The fraction of sp³-hybridized carbons (Fsp3) is 0.364. The van der Waals surface area contributed by atoms with Crippen LogP contribution in [0.1, 0.15) is 43.1 Å². The first-order valence-corrected chi connectivity index (χ1v) is 9.15. The molecular formula is C22H28N2O4. The van der Waals surface area contributed by atoms with Crippen molar-refractivity contribution >= 4 is 17.5 Å². The quantitative estimate of drug-likeness (QED) is 0.762. The van der Waals surface area contributed by atoms with Crippen LogP contribution in [0.25, 0.3) is 0 Å². The molecule has 0 heterocycles. The molecule has 0 aliphatic carbocycles. The third kappa shape index (κ3) is 5.74. The van der Waals surface area contributed by atoms with Gasteiger partial charge in [0, 0.05) is 24.6 Å². The van der Waals surface area contributed by atoms with Gasteiger partial charge in [-0.2, -0.15) is 0 Å². The van der Waals surface area contributed by atoms with Crippen LogP contribution >= 0.6 is 0 Å². The highest BCUT2D eigenvalue weighted by molar-refractivity contribution is 5.95. The van der Waals surface area contributed by atoms with E-state index in [0.717, 1.165) is 5.56 Å². The molecule has 0 aliphatic heterocycles. The van der Waals surface area contributed by atoms with Gasteiger partial charge in [0.05, 0.1) is 19.9 Å². The van der Waals surface area contributed by atoms with Crippen molar-refractivity contribution in [1.82, 2.24) is 5.32 Å². The summed E-state index contributed by atoms with van der Waals surface area (Å²) >= 11 is 0. The number of ether oxygens (including phenoxy) is 2. The zero-order chi connectivity index (χ0) is 20.7. The topological polar surface area (TPSA) is 76.7 Å². The van der Waals surface area contributed by atoms with Gasteiger partial charge in [-0.3, -0.25) is 9.59 Å². The van der Waals surface area contributed by atoms with Gasteiger partial charge in [-0.05, 0) is 35.2 Å². The molecule has 0 saturated carbocycles. The van der Waals surface area contributed by atoms with Gasteiger partial charge in [-0.25, -0.2) is 0 Å². The Hall–Kier alpha value is -3.02. The molecule has 6 heteroatoms. The number of amides is 2. The van der Waals surface area contributed by atoms with Gasteiger partial charge in [0.15, 0.2) is 0 Å². The summed E-state index contributed by atoms with van der Waals surface area (Å²) in [6, 6.07) is 12.7. The normalized spacial score (nSPS) is 10.9. The van der Waals surface area contributed by atoms with Crippen molar-refractivity contribution in [2.24, 2.45) is 0 Å². The number of rotatable bonds is 7. The Morgan fingerprint density at radius 2 is 1.64 bits per heavy atom. The van der Waals surface area contributed by atoms with Crippen molar-refractivity contribution in [1.29, 1.82) is 0 Å². The maximum Gasteiger partial charge on any atom is 0.251 e. The van der Waals surface area contributed by atoms with Crippen LogP contribution < -0.4 is 20.1 Å². The Kier molecular flexibility index (Phi) is 7.04.